The largest absolute Gasteiger partial charge is 0.381 e. The maximum Gasteiger partial charge on any atom is 0.254 e. The predicted molar refractivity (Wildman–Crippen MR) is 201 cm³/mol. The van der Waals surface area contributed by atoms with Gasteiger partial charge in [0, 0.05) is 63.0 Å². The number of piperidine rings is 1. The van der Waals surface area contributed by atoms with Gasteiger partial charge in [-0.2, -0.15) is 5.10 Å². The van der Waals surface area contributed by atoms with E-state index in [-0.39, 0.29) is 37.3 Å². The van der Waals surface area contributed by atoms with E-state index >= 15 is 0 Å². The van der Waals surface area contributed by atoms with Gasteiger partial charge in [-0.1, -0.05) is 13.0 Å². The molecule has 2 aliphatic heterocycles. The number of carbonyl (C=O) groups is 4. The summed E-state index contributed by atoms with van der Waals surface area (Å²) in [6, 6.07) is 4.35. The summed E-state index contributed by atoms with van der Waals surface area (Å²) >= 11 is 0. The van der Waals surface area contributed by atoms with E-state index in [4.69, 9.17) is 4.74 Å². The van der Waals surface area contributed by atoms with E-state index in [1.54, 1.807) is 32.3 Å². The van der Waals surface area contributed by atoms with Crippen molar-refractivity contribution >= 4 is 30.1 Å². The molecule has 56 heavy (non-hydrogen) atoms. The second-order valence-corrected chi connectivity index (χ2v) is 15.6. The molecule has 2 amide bonds. The summed E-state index contributed by atoms with van der Waals surface area (Å²) in [5.74, 6) is -7.18. The maximum atomic E-state index is 14.9. The predicted octanol–water partition coefficient (Wildman–Crippen LogP) is 6.07. The zero-order chi connectivity index (χ0) is 41.1. The van der Waals surface area contributed by atoms with E-state index in [1.807, 2.05) is 7.05 Å². The molecule has 3 unspecified atom stereocenters. The Labute approximate surface area is 325 Å². The standard InChI is InChI=1S/C23H30F3N3O3.C8H13F2N.C5H6N2O.C4H8O/c1-3-19(31)29-18(13-30)22(9-10-22)15-6-7-17(16(24)11-15)28-21(32)20(27-2)14-5-4-8-23(25,26)12-14;1-11-4-2-7(3-5-11)6-8(7,9)10;1-7-5(4-8)2-3-6-7;1-2-4-5-3-1/h6-7,11,13-14,18,20,27H,3-5,8-10,12H2,1-2H3,(H,28,32)(H,29,31);2-6H2,1H3;2-4H,1H3;1-4H2. The molecule has 3 aliphatic carbocycles. The molecule has 7 rings (SSSR count). The smallest absolute Gasteiger partial charge is 0.254 e. The number of benzene rings is 1. The van der Waals surface area contributed by atoms with Crippen molar-refractivity contribution in [2.75, 3.05) is 45.7 Å². The first-order valence-corrected chi connectivity index (χ1v) is 19.5. The Morgan fingerprint density at radius 3 is 2.09 bits per heavy atom. The van der Waals surface area contributed by atoms with Crippen LogP contribution in [0.25, 0.3) is 0 Å². The third-order valence-corrected chi connectivity index (χ3v) is 11.7. The van der Waals surface area contributed by atoms with Gasteiger partial charge in [-0.25, -0.2) is 22.0 Å². The number of nitrogens with one attached hydrogen (secondary N) is 3. The molecule has 2 aromatic rings. The number of amides is 2. The number of halogens is 5. The number of alkyl halides is 4. The molecule has 11 nitrogen and oxygen atoms in total. The number of carbonyl (C=O) groups excluding carboxylic acids is 4. The van der Waals surface area contributed by atoms with E-state index in [0.717, 1.165) is 32.6 Å². The van der Waals surface area contributed by atoms with Crippen molar-refractivity contribution in [3.63, 3.8) is 0 Å². The maximum absolute atomic E-state index is 14.9. The first-order valence-electron chi connectivity index (χ1n) is 19.5. The molecule has 2 saturated heterocycles. The van der Waals surface area contributed by atoms with Crippen LogP contribution in [0.15, 0.2) is 30.5 Å². The topological polar surface area (TPSA) is 135 Å². The van der Waals surface area contributed by atoms with Gasteiger partial charge >= 0.3 is 0 Å². The number of aldehydes is 2. The number of anilines is 1. The van der Waals surface area contributed by atoms with Gasteiger partial charge in [0.25, 0.3) is 5.92 Å². The summed E-state index contributed by atoms with van der Waals surface area (Å²) < 4.78 is 74.5. The number of likely N-dealkylation sites (tertiary alicyclic amines) is 1. The van der Waals surface area contributed by atoms with Crippen LogP contribution in [0.2, 0.25) is 0 Å². The van der Waals surface area contributed by atoms with Gasteiger partial charge in [0.2, 0.25) is 17.7 Å². The highest BCUT2D eigenvalue weighted by Crippen LogP contribution is 2.65. The lowest BCUT2D eigenvalue weighted by atomic mass is 9.81. The molecule has 3 atom stereocenters. The molecule has 5 fully saturated rings. The highest BCUT2D eigenvalue weighted by Gasteiger charge is 2.70. The van der Waals surface area contributed by atoms with Crippen molar-refractivity contribution in [1.82, 2.24) is 25.3 Å². The van der Waals surface area contributed by atoms with Gasteiger partial charge in [0.1, 0.15) is 17.8 Å². The molecule has 0 bridgehead atoms. The minimum atomic E-state index is -2.80. The fourth-order valence-electron chi connectivity index (χ4n) is 7.68. The summed E-state index contributed by atoms with van der Waals surface area (Å²) in [6.45, 7) is 5.37. The molecule has 3 N–H and O–H groups in total. The van der Waals surface area contributed by atoms with E-state index < -0.39 is 52.4 Å². The van der Waals surface area contributed by atoms with Crippen LogP contribution in [0.3, 0.4) is 0 Å². The molecule has 1 spiro atoms. The quantitative estimate of drug-likeness (QED) is 0.195. The fraction of sp³-hybridized carbons (Fsp3) is 0.675. The van der Waals surface area contributed by atoms with Crippen LogP contribution in [0, 0.1) is 17.2 Å². The SMILES string of the molecule is C1CCOC1.CCC(=O)NC(C=O)C1(c2ccc(NC(=O)C(NC)C3CCCC(F)(F)C3)c(F)c2)CC1.CN1CCC2(CC1)CC2(F)F.Cn1nccc1C=O. The van der Waals surface area contributed by atoms with Crippen LogP contribution >= 0.6 is 0 Å². The second kappa shape index (κ2) is 19.6. The summed E-state index contributed by atoms with van der Waals surface area (Å²) in [4.78, 5) is 48.2. The third kappa shape index (κ3) is 11.7. The normalized spacial score (nSPS) is 23.3. The van der Waals surface area contributed by atoms with Crippen LogP contribution in [0.1, 0.15) is 100 Å². The number of rotatable bonds is 10. The highest BCUT2D eigenvalue weighted by atomic mass is 19.3. The van der Waals surface area contributed by atoms with E-state index in [2.05, 4.69) is 25.9 Å². The molecular weight excluding hydrogens is 739 g/mol. The van der Waals surface area contributed by atoms with Crippen molar-refractivity contribution in [2.24, 2.45) is 18.4 Å². The second-order valence-electron chi connectivity index (χ2n) is 15.6. The molecule has 0 radical (unpaired) electrons. The van der Waals surface area contributed by atoms with Gasteiger partial charge in [-0.3, -0.25) is 19.1 Å². The number of likely N-dealkylation sites (N-methyl/N-ethyl adjacent to an activating group) is 1. The fourth-order valence-corrected chi connectivity index (χ4v) is 7.68. The number of hydrogen-bond donors (Lipinski definition) is 3. The Kier molecular flexibility index (Phi) is 15.7. The Hall–Kier alpha value is -3.76. The molecule has 312 valence electrons. The molecule has 5 aliphatic rings. The molecule has 3 saturated carbocycles. The summed E-state index contributed by atoms with van der Waals surface area (Å²) in [5, 5.41) is 11.8. The number of ether oxygens (including phenoxy) is 1. The Balaban J connectivity index is 0.000000230. The van der Waals surface area contributed by atoms with Crippen LogP contribution in [-0.2, 0) is 31.6 Å². The molecular formula is C40H57F5N6O5. The molecule has 1 aromatic carbocycles. The van der Waals surface area contributed by atoms with Crippen LogP contribution in [-0.4, -0.2) is 103 Å². The zero-order valence-corrected chi connectivity index (χ0v) is 32.9. The van der Waals surface area contributed by atoms with Crippen molar-refractivity contribution in [3.8, 4) is 0 Å². The van der Waals surface area contributed by atoms with Gasteiger partial charge in [-0.15, -0.1) is 0 Å². The minimum absolute atomic E-state index is 0.0578. The summed E-state index contributed by atoms with van der Waals surface area (Å²) in [7, 11) is 5.24. The average molecular weight is 797 g/mol. The molecule has 3 heterocycles. The first kappa shape index (κ1) is 44.9. The summed E-state index contributed by atoms with van der Waals surface area (Å²) in [6.07, 6.45) is 8.87. The number of aryl methyl sites for hydroxylation is 1. The average Bonchev–Trinajstić information content (AvgIpc) is 3.81. The number of hydrogen-bond acceptors (Lipinski definition) is 8. The lowest BCUT2D eigenvalue weighted by Crippen LogP contribution is -2.47. The zero-order valence-electron chi connectivity index (χ0n) is 32.9. The Bertz CT molecular complexity index is 1620. The monoisotopic (exact) mass is 796 g/mol. The van der Waals surface area contributed by atoms with E-state index in [1.165, 1.54) is 36.7 Å². The minimum Gasteiger partial charge on any atom is -0.381 e. The van der Waals surface area contributed by atoms with Gasteiger partial charge in [0.15, 0.2) is 6.29 Å². The highest BCUT2D eigenvalue weighted by molar-refractivity contribution is 5.95. The number of aromatic nitrogens is 2. The molecule has 1 aromatic heterocycles. The van der Waals surface area contributed by atoms with E-state index in [9.17, 15) is 41.1 Å². The third-order valence-electron chi connectivity index (χ3n) is 11.7. The van der Waals surface area contributed by atoms with Gasteiger partial charge in [0.05, 0.1) is 17.8 Å². The van der Waals surface area contributed by atoms with Gasteiger partial charge < -0.3 is 30.4 Å². The van der Waals surface area contributed by atoms with Crippen molar-refractivity contribution in [1.29, 1.82) is 0 Å². The van der Waals surface area contributed by atoms with Crippen LogP contribution in [0.4, 0.5) is 27.6 Å². The van der Waals surface area contributed by atoms with Crippen molar-refractivity contribution in [3.05, 3.63) is 47.5 Å². The van der Waals surface area contributed by atoms with Gasteiger partial charge in [-0.05, 0) is 108 Å². The lowest BCUT2D eigenvalue weighted by Gasteiger charge is -2.33. The summed E-state index contributed by atoms with van der Waals surface area (Å²) in [5.41, 5.74) is -0.113. The van der Waals surface area contributed by atoms with Crippen LogP contribution in [0.5, 0.6) is 0 Å². The number of nitrogens with zero attached hydrogens (tertiary/aromatic N) is 3. The Morgan fingerprint density at radius 2 is 1.66 bits per heavy atom. The van der Waals surface area contributed by atoms with Crippen molar-refractivity contribution in [2.45, 2.75) is 113 Å². The van der Waals surface area contributed by atoms with Crippen LogP contribution < -0.4 is 16.0 Å². The van der Waals surface area contributed by atoms with Crippen molar-refractivity contribution < 1.29 is 45.9 Å². The van der Waals surface area contributed by atoms with E-state index in [0.29, 0.717) is 56.1 Å². The molecule has 16 heteroatoms. The Morgan fingerprint density at radius 1 is 1.00 bits per heavy atom. The first-order chi connectivity index (χ1) is 26.6. The lowest BCUT2D eigenvalue weighted by molar-refractivity contribution is -0.124.